The van der Waals surface area contributed by atoms with Gasteiger partial charge in [0.25, 0.3) is 0 Å². The highest BCUT2D eigenvalue weighted by Crippen LogP contribution is 2.72. The lowest BCUT2D eigenvalue weighted by atomic mass is 9.99. The maximum absolute atomic E-state index is 3.60. The molecule has 1 aliphatic carbocycles. The molecule has 1 nitrogen and oxygen atoms in total. The fourth-order valence-electron chi connectivity index (χ4n) is 3.71. The smallest absolute Gasteiger partial charge is 0.0420 e. The van der Waals surface area contributed by atoms with Crippen LogP contribution in [0.1, 0.15) is 36.8 Å². The van der Waals surface area contributed by atoms with Crippen LogP contribution in [0.2, 0.25) is 0 Å². The van der Waals surface area contributed by atoms with Crippen LogP contribution in [0.3, 0.4) is 0 Å². The highest BCUT2D eigenvalue weighted by molar-refractivity contribution is 5.73. The summed E-state index contributed by atoms with van der Waals surface area (Å²) in [6, 6.07) is 17.5. The minimum atomic E-state index is 0.383. The first-order chi connectivity index (χ1) is 8.69. The van der Waals surface area contributed by atoms with E-state index in [1.165, 1.54) is 22.5 Å². The lowest BCUT2D eigenvalue weighted by Crippen LogP contribution is -2.00. The summed E-state index contributed by atoms with van der Waals surface area (Å²) in [6.45, 7) is 4.78. The van der Waals surface area contributed by atoms with E-state index in [4.69, 9.17) is 0 Å². The van der Waals surface area contributed by atoms with Crippen molar-refractivity contribution in [2.75, 3.05) is 5.32 Å². The molecule has 2 aromatic carbocycles. The molecule has 1 fully saturated rings. The molecule has 1 saturated carbocycles. The maximum Gasteiger partial charge on any atom is 0.0420 e. The molecular formula is C17H17N. The van der Waals surface area contributed by atoms with Crippen molar-refractivity contribution in [2.24, 2.45) is 5.41 Å². The van der Waals surface area contributed by atoms with Crippen LogP contribution in [-0.4, -0.2) is 0 Å². The van der Waals surface area contributed by atoms with Gasteiger partial charge in [-0.15, -0.1) is 0 Å². The Hall–Kier alpha value is -1.76. The molecule has 0 aromatic heterocycles. The Balaban J connectivity index is 1.98. The Morgan fingerprint density at radius 3 is 1.72 bits per heavy atom. The molecular weight excluding hydrogens is 218 g/mol. The van der Waals surface area contributed by atoms with Gasteiger partial charge in [-0.1, -0.05) is 50.2 Å². The predicted octanol–water partition coefficient (Wildman–Crippen LogP) is 4.65. The van der Waals surface area contributed by atoms with Gasteiger partial charge in [-0.3, -0.25) is 0 Å². The Bertz CT molecular complexity index is 574. The van der Waals surface area contributed by atoms with Crippen molar-refractivity contribution in [1.82, 2.24) is 0 Å². The number of hydrogen-bond acceptors (Lipinski definition) is 1. The van der Waals surface area contributed by atoms with Gasteiger partial charge in [0.2, 0.25) is 0 Å². The summed E-state index contributed by atoms with van der Waals surface area (Å²) in [5, 5.41) is 3.60. The number of benzene rings is 2. The van der Waals surface area contributed by atoms with E-state index < -0.39 is 0 Å². The third kappa shape index (κ3) is 1.17. The summed E-state index contributed by atoms with van der Waals surface area (Å²) >= 11 is 0. The number of fused-ring (bicyclic) bond motifs is 5. The van der Waals surface area contributed by atoms with E-state index in [9.17, 15) is 0 Å². The Morgan fingerprint density at radius 2 is 1.22 bits per heavy atom. The van der Waals surface area contributed by atoms with Crippen LogP contribution >= 0.6 is 0 Å². The second-order valence-corrected chi connectivity index (χ2v) is 6.08. The lowest BCUT2D eigenvalue weighted by molar-refractivity contribution is 0.601. The van der Waals surface area contributed by atoms with Gasteiger partial charge in [0, 0.05) is 11.4 Å². The zero-order chi connectivity index (χ0) is 12.3. The first kappa shape index (κ1) is 10.2. The molecule has 2 aliphatic rings. The van der Waals surface area contributed by atoms with Crippen LogP contribution in [0.15, 0.2) is 48.5 Å². The molecule has 2 aromatic rings. The zero-order valence-corrected chi connectivity index (χ0v) is 10.8. The van der Waals surface area contributed by atoms with Crippen LogP contribution in [0.5, 0.6) is 0 Å². The fourth-order valence-corrected chi connectivity index (χ4v) is 3.71. The third-order valence-corrected chi connectivity index (χ3v) is 4.69. The van der Waals surface area contributed by atoms with E-state index in [1.54, 1.807) is 0 Å². The topological polar surface area (TPSA) is 12.0 Å². The van der Waals surface area contributed by atoms with Gasteiger partial charge in [-0.25, -0.2) is 0 Å². The standard InChI is InChI=1S/C17H17N/c1-17(2)15-11-7-3-5-9-13(11)18-14-10-6-4-8-12(14)16(15)17/h3-10,15-16,18H,1-2H3. The van der Waals surface area contributed by atoms with Crippen molar-refractivity contribution in [3.63, 3.8) is 0 Å². The Kier molecular flexibility index (Phi) is 1.79. The Labute approximate surface area is 108 Å². The van der Waals surface area contributed by atoms with E-state index in [2.05, 4.69) is 67.7 Å². The quantitative estimate of drug-likeness (QED) is 0.700. The summed E-state index contributed by atoms with van der Waals surface area (Å²) in [6.07, 6.45) is 0. The molecule has 1 N–H and O–H groups in total. The number of anilines is 2. The van der Waals surface area contributed by atoms with Crippen molar-refractivity contribution < 1.29 is 0 Å². The van der Waals surface area contributed by atoms with E-state index in [0.717, 1.165) is 0 Å². The first-order valence-electron chi connectivity index (χ1n) is 6.64. The monoisotopic (exact) mass is 235 g/mol. The van der Waals surface area contributed by atoms with Crippen molar-refractivity contribution in [2.45, 2.75) is 25.7 Å². The molecule has 18 heavy (non-hydrogen) atoms. The van der Waals surface area contributed by atoms with Gasteiger partial charge in [0.1, 0.15) is 0 Å². The zero-order valence-electron chi connectivity index (χ0n) is 10.8. The summed E-state index contributed by atoms with van der Waals surface area (Å²) in [5.41, 5.74) is 5.90. The average Bonchev–Trinajstić information content (AvgIpc) is 2.98. The van der Waals surface area contributed by atoms with Gasteiger partial charge >= 0.3 is 0 Å². The minimum absolute atomic E-state index is 0.383. The molecule has 4 rings (SSSR count). The highest BCUT2D eigenvalue weighted by Gasteiger charge is 2.60. The molecule has 0 radical (unpaired) electrons. The molecule has 0 spiro atoms. The van der Waals surface area contributed by atoms with Gasteiger partial charge in [0.05, 0.1) is 0 Å². The second kappa shape index (κ2) is 3.17. The summed E-state index contributed by atoms with van der Waals surface area (Å²) < 4.78 is 0. The lowest BCUT2D eigenvalue weighted by Gasteiger charge is -2.15. The second-order valence-electron chi connectivity index (χ2n) is 6.08. The number of rotatable bonds is 0. The molecule has 1 heterocycles. The molecule has 1 aliphatic heterocycles. The number of para-hydroxylation sites is 2. The van der Waals surface area contributed by atoms with E-state index in [0.29, 0.717) is 17.3 Å². The van der Waals surface area contributed by atoms with Crippen molar-refractivity contribution in [3.8, 4) is 0 Å². The molecule has 0 amide bonds. The van der Waals surface area contributed by atoms with Crippen LogP contribution < -0.4 is 5.32 Å². The van der Waals surface area contributed by atoms with Crippen molar-refractivity contribution in [1.29, 1.82) is 0 Å². The third-order valence-electron chi connectivity index (χ3n) is 4.69. The van der Waals surface area contributed by atoms with Crippen LogP contribution in [0, 0.1) is 5.41 Å². The summed E-state index contributed by atoms with van der Waals surface area (Å²) in [7, 11) is 0. The molecule has 90 valence electrons. The minimum Gasteiger partial charge on any atom is -0.355 e. The maximum atomic E-state index is 3.60. The van der Waals surface area contributed by atoms with Gasteiger partial charge in [-0.05, 0) is 40.5 Å². The molecule has 2 unspecified atom stereocenters. The van der Waals surface area contributed by atoms with Crippen LogP contribution in [0.25, 0.3) is 0 Å². The normalized spacial score (nSPS) is 26.1. The van der Waals surface area contributed by atoms with Gasteiger partial charge in [-0.2, -0.15) is 0 Å². The molecule has 0 bridgehead atoms. The summed E-state index contributed by atoms with van der Waals surface area (Å²) in [4.78, 5) is 0. The van der Waals surface area contributed by atoms with Crippen LogP contribution in [-0.2, 0) is 0 Å². The SMILES string of the molecule is CC1(C)C2c3ccccc3Nc3ccccc3C21. The van der Waals surface area contributed by atoms with E-state index in [1.807, 2.05) is 0 Å². The largest absolute Gasteiger partial charge is 0.355 e. The highest BCUT2D eigenvalue weighted by atomic mass is 14.9. The van der Waals surface area contributed by atoms with E-state index in [-0.39, 0.29) is 0 Å². The Morgan fingerprint density at radius 1 is 0.778 bits per heavy atom. The van der Waals surface area contributed by atoms with Crippen molar-refractivity contribution >= 4 is 11.4 Å². The van der Waals surface area contributed by atoms with Gasteiger partial charge < -0.3 is 5.32 Å². The fraction of sp³-hybridized carbons (Fsp3) is 0.294. The molecule has 2 atom stereocenters. The molecule has 0 saturated heterocycles. The average molecular weight is 235 g/mol. The van der Waals surface area contributed by atoms with Crippen LogP contribution in [0.4, 0.5) is 11.4 Å². The predicted molar refractivity (Wildman–Crippen MR) is 75.4 cm³/mol. The molecule has 1 heteroatoms. The van der Waals surface area contributed by atoms with E-state index >= 15 is 0 Å². The summed E-state index contributed by atoms with van der Waals surface area (Å²) in [5.74, 6) is 1.31. The first-order valence-corrected chi connectivity index (χ1v) is 6.64. The van der Waals surface area contributed by atoms with Crippen molar-refractivity contribution in [3.05, 3.63) is 59.7 Å². The van der Waals surface area contributed by atoms with Gasteiger partial charge in [0.15, 0.2) is 0 Å². The number of hydrogen-bond donors (Lipinski definition) is 1. The number of nitrogens with one attached hydrogen (secondary N) is 1.